The molecule has 1 aliphatic heterocycles. The minimum Gasteiger partial charge on any atom is -0.326 e. The van der Waals surface area contributed by atoms with Crippen LogP contribution in [0.5, 0.6) is 0 Å². The molecular weight excluding hydrogens is 222 g/mol. The van der Waals surface area contributed by atoms with Crippen LogP contribution in [0.1, 0.15) is 31.9 Å². The predicted octanol–water partition coefficient (Wildman–Crippen LogP) is 2.45. The van der Waals surface area contributed by atoms with Gasteiger partial charge in [0.05, 0.1) is 6.04 Å². The third-order valence-corrected chi connectivity index (χ3v) is 3.37. The Labute approximate surface area is 100 Å². The van der Waals surface area contributed by atoms with E-state index in [0.717, 1.165) is 19.0 Å². The first-order valence-electron chi connectivity index (χ1n) is 5.96. The van der Waals surface area contributed by atoms with Gasteiger partial charge in [0, 0.05) is 24.7 Å². The van der Waals surface area contributed by atoms with Gasteiger partial charge in [0.25, 0.3) is 0 Å². The molecule has 2 N–H and O–H groups in total. The Bertz CT molecular complexity index is 386. The zero-order chi connectivity index (χ0) is 12.6. The lowest BCUT2D eigenvalue weighted by molar-refractivity contribution is 0.197. The summed E-state index contributed by atoms with van der Waals surface area (Å²) in [4.78, 5) is 2.19. The zero-order valence-corrected chi connectivity index (χ0v) is 10.2. The monoisotopic (exact) mass is 240 g/mol. The number of likely N-dealkylation sites (tertiary alicyclic amines) is 1. The lowest BCUT2D eigenvalue weighted by atomic mass is 10.00. The third-order valence-electron chi connectivity index (χ3n) is 3.37. The Morgan fingerprint density at radius 2 is 1.82 bits per heavy atom. The van der Waals surface area contributed by atoms with Gasteiger partial charge in [-0.15, -0.1) is 0 Å². The molecule has 0 aromatic heterocycles. The Kier molecular flexibility index (Phi) is 3.45. The first-order chi connectivity index (χ1) is 7.99. The molecule has 0 aliphatic carbocycles. The van der Waals surface area contributed by atoms with Crippen LogP contribution in [-0.4, -0.2) is 23.5 Å². The summed E-state index contributed by atoms with van der Waals surface area (Å²) < 4.78 is 26.5. The number of nitrogens with two attached hydrogens (primary N) is 1. The molecule has 1 aliphatic rings. The molecule has 2 nitrogen and oxygen atoms in total. The Morgan fingerprint density at radius 1 is 1.24 bits per heavy atom. The van der Waals surface area contributed by atoms with Gasteiger partial charge in [-0.1, -0.05) is 0 Å². The second kappa shape index (κ2) is 4.70. The summed E-state index contributed by atoms with van der Waals surface area (Å²) in [5.41, 5.74) is 6.69. The third kappa shape index (κ3) is 2.48. The summed E-state index contributed by atoms with van der Waals surface area (Å²) in [6, 6.07) is 3.84. The molecule has 0 bridgehead atoms. The summed E-state index contributed by atoms with van der Waals surface area (Å²) in [6.07, 6.45) is 0.862. The average Bonchev–Trinajstić information content (AvgIpc) is 2.58. The maximum atomic E-state index is 13.2. The highest BCUT2D eigenvalue weighted by molar-refractivity contribution is 5.24. The molecule has 0 saturated carbocycles. The number of nitrogens with zero attached hydrogens (tertiary/aromatic N) is 1. The van der Waals surface area contributed by atoms with Crippen molar-refractivity contribution in [2.75, 3.05) is 6.54 Å². The standard InChI is InChI=1S/C13H18F2N2/c1-8(2)17-4-3-12(16)13(17)9-5-10(14)7-11(15)6-9/h5-8,12-13H,3-4,16H2,1-2H3/t12-,13+/m1/s1. The van der Waals surface area contributed by atoms with E-state index >= 15 is 0 Å². The van der Waals surface area contributed by atoms with E-state index < -0.39 is 11.6 Å². The molecule has 2 rings (SSSR count). The molecule has 0 unspecified atom stereocenters. The lowest BCUT2D eigenvalue weighted by Gasteiger charge is -2.30. The van der Waals surface area contributed by atoms with Crippen LogP contribution in [0.2, 0.25) is 0 Å². The van der Waals surface area contributed by atoms with Crippen LogP contribution in [0.25, 0.3) is 0 Å². The highest BCUT2D eigenvalue weighted by atomic mass is 19.1. The van der Waals surface area contributed by atoms with Crippen molar-refractivity contribution in [3.63, 3.8) is 0 Å². The summed E-state index contributed by atoms with van der Waals surface area (Å²) in [7, 11) is 0. The van der Waals surface area contributed by atoms with Crippen molar-refractivity contribution in [3.8, 4) is 0 Å². The van der Waals surface area contributed by atoms with E-state index in [2.05, 4.69) is 18.7 Å². The van der Waals surface area contributed by atoms with E-state index in [1.165, 1.54) is 12.1 Å². The lowest BCUT2D eigenvalue weighted by Crippen LogP contribution is -2.36. The van der Waals surface area contributed by atoms with E-state index in [-0.39, 0.29) is 12.1 Å². The normalized spacial score (nSPS) is 25.8. The van der Waals surface area contributed by atoms with Crippen LogP contribution in [0.15, 0.2) is 18.2 Å². The van der Waals surface area contributed by atoms with E-state index in [9.17, 15) is 8.78 Å². The molecule has 1 heterocycles. The largest absolute Gasteiger partial charge is 0.326 e. The summed E-state index contributed by atoms with van der Waals surface area (Å²) >= 11 is 0. The van der Waals surface area contributed by atoms with Crippen LogP contribution in [0, 0.1) is 11.6 Å². The number of benzene rings is 1. The second-order valence-corrected chi connectivity index (χ2v) is 4.93. The van der Waals surface area contributed by atoms with Crippen molar-refractivity contribution in [2.24, 2.45) is 5.73 Å². The van der Waals surface area contributed by atoms with Gasteiger partial charge in [-0.3, -0.25) is 4.90 Å². The van der Waals surface area contributed by atoms with Crippen molar-refractivity contribution >= 4 is 0 Å². The number of hydrogen-bond donors (Lipinski definition) is 1. The van der Waals surface area contributed by atoms with Crippen molar-refractivity contribution in [2.45, 2.75) is 38.4 Å². The fourth-order valence-electron chi connectivity index (χ4n) is 2.61. The fraction of sp³-hybridized carbons (Fsp3) is 0.538. The Morgan fingerprint density at radius 3 is 2.35 bits per heavy atom. The molecule has 1 aromatic rings. The summed E-state index contributed by atoms with van der Waals surface area (Å²) in [5.74, 6) is -1.08. The quantitative estimate of drug-likeness (QED) is 0.860. The Hall–Kier alpha value is -1.00. The van der Waals surface area contributed by atoms with Gasteiger partial charge in [-0.05, 0) is 38.0 Å². The van der Waals surface area contributed by atoms with Crippen molar-refractivity contribution in [3.05, 3.63) is 35.4 Å². The van der Waals surface area contributed by atoms with Crippen molar-refractivity contribution < 1.29 is 8.78 Å². The minimum atomic E-state index is -0.539. The summed E-state index contributed by atoms with van der Waals surface area (Å²) in [5, 5.41) is 0. The average molecular weight is 240 g/mol. The van der Waals surface area contributed by atoms with Crippen LogP contribution in [0.4, 0.5) is 8.78 Å². The molecule has 1 saturated heterocycles. The number of halogens is 2. The molecule has 17 heavy (non-hydrogen) atoms. The molecule has 1 fully saturated rings. The van der Waals surface area contributed by atoms with Gasteiger partial charge < -0.3 is 5.73 Å². The molecule has 1 aromatic carbocycles. The molecule has 0 radical (unpaired) electrons. The molecule has 0 spiro atoms. The van der Waals surface area contributed by atoms with E-state index in [1.807, 2.05) is 0 Å². The van der Waals surface area contributed by atoms with E-state index in [1.54, 1.807) is 0 Å². The zero-order valence-electron chi connectivity index (χ0n) is 10.2. The van der Waals surface area contributed by atoms with Gasteiger partial charge in [0.2, 0.25) is 0 Å². The molecule has 94 valence electrons. The SMILES string of the molecule is CC(C)N1CC[C@@H](N)[C@@H]1c1cc(F)cc(F)c1. The topological polar surface area (TPSA) is 29.3 Å². The van der Waals surface area contributed by atoms with Crippen LogP contribution >= 0.6 is 0 Å². The smallest absolute Gasteiger partial charge is 0.126 e. The van der Waals surface area contributed by atoms with Gasteiger partial charge in [-0.2, -0.15) is 0 Å². The van der Waals surface area contributed by atoms with Gasteiger partial charge in [0.1, 0.15) is 11.6 Å². The van der Waals surface area contributed by atoms with Crippen LogP contribution in [-0.2, 0) is 0 Å². The summed E-state index contributed by atoms with van der Waals surface area (Å²) in [6.45, 7) is 5.02. The Balaban J connectivity index is 2.36. The van der Waals surface area contributed by atoms with Gasteiger partial charge >= 0.3 is 0 Å². The van der Waals surface area contributed by atoms with Gasteiger partial charge in [-0.25, -0.2) is 8.78 Å². The molecule has 4 heteroatoms. The number of rotatable bonds is 2. The number of hydrogen-bond acceptors (Lipinski definition) is 2. The maximum absolute atomic E-state index is 13.2. The fourth-order valence-corrected chi connectivity index (χ4v) is 2.61. The van der Waals surface area contributed by atoms with Crippen molar-refractivity contribution in [1.82, 2.24) is 4.90 Å². The maximum Gasteiger partial charge on any atom is 0.126 e. The second-order valence-electron chi connectivity index (χ2n) is 4.93. The first-order valence-corrected chi connectivity index (χ1v) is 5.96. The predicted molar refractivity (Wildman–Crippen MR) is 63.5 cm³/mol. The minimum absolute atomic E-state index is 0.0569. The van der Waals surface area contributed by atoms with Gasteiger partial charge in [0.15, 0.2) is 0 Å². The highest BCUT2D eigenvalue weighted by Gasteiger charge is 2.34. The highest BCUT2D eigenvalue weighted by Crippen LogP contribution is 2.33. The van der Waals surface area contributed by atoms with Crippen LogP contribution < -0.4 is 5.73 Å². The molecule has 2 atom stereocenters. The molecular formula is C13H18F2N2. The van der Waals surface area contributed by atoms with Crippen molar-refractivity contribution in [1.29, 1.82) is 0 Å². The van der Waals surface area contributed by atoms with E-state index in [4.69, 9.17) is 5.73 Å². The van der Waals surface area contributed by atoms with Crippen LogP contribution in [0.3, 0.4) is 0 Å². The molecule has 0 amide bonds. The first kappa shape index (κ1) is 12.5. The van der Waals surface area contributed by atoms with E-state index in [0.29, 0.717) is 11.6 Å².